The Hall–Kier alpha value is -1.58. The minimum atomic E-state index is 0.933. The second-order valence-corrected chi connectivity index (χ2v) is 4.35. The highest BCUT2D eigenvalue weighted by Gasteiger charge is 2.11. The molecule has 0 aromatic carbocycles. The predicted octanol–water partition coefficient (Wildman–Crippen LogP) is 2.89. The third-order valence-corrected chi connectivity index (χ3v) is 3.00. The smallest absolute Gasteiger partial charge is 0.143 e. The van der Waals surface area contributed by atoms with Crippen LogP contribution >= 0.6 is 0 Å². The first-order valence-corrected chi connectivity index (χ1v) is 6.31. The van der Waals surface area contributed by atoms with E-state index in [9.17, 15) is 0 Å². The van der Waals surface area contributed by atoms with Crippen LogP contribution in [0.25, 0.3) is 11.0 Å². The molecule has 4 nitrogen and oxygen atoms in total. The molecular formula is C13H20N4. The lowest BCUT2D eigenvalue weighted by Gasteiger charge is -2.21. The maximum absolute atomic E-state index is 4.44. The Morgan fingerprint density at radius 1 is 1.29 bits per heavy atom. The standard InChI is InChI=1S/C13H20N4/c1-4-6-7-17(5-2)13-11-8-10(3)16-12(11)14-9-15-13/h8-9H,4-7H2,1-3H3,(H,14,15,16). The van der Waals surface area contributed by atoms with Gasteiger partial charge in [-0.25, -0.2) is 9.97 Å². The van der Waals surface area contributed by atoms with E-state index in [1.54, 1.807) is 6.33 Å². The fraction of sp³-hybridized carbons (Fsp3) is 0.538. The number of aryl methyl sites for hydroxylation is 1. The molecule has 92 valence electrons. The van der Waals surface area contributed by atoms with Gasteiger partial charge in [0.15, 0.2) is 0 Å². The Labute approximate surface area is 102 Å². The number of nitrogens with one attached hydrogen (secondary N) is 1. The lowest BCUT2D eigenvalue weighted by atomic mass is 10.2. The van der Waals surface area contributed by atoms with E-state index >= 15 is 0 Å². The monoisotopic (exact) mass is 232 g/mol. The molecule has 2 aromatic heterocycles. The summed E-state index contributed by atoms with van der Waals surface area (Å²) in [6.45, 7) is 8.47. The third kappa shape index (κ3) is 2.40. The average Bonchev–Trinajstić information content (AvgIpc) is 2.71. The quantitative estimate of drug-likeness (QED) is 0.862. The fourth-order valence-corrected chi connectivity index (χ4v) is 2.07. The summed E-state index contributed by atoms with van der Waals surface area (Å²) in [5.74, 6) is 1.05. The van der Waals surface area contributed by atoms with E-state index in [2.05, 4.69) is 39.8 Å². The van der Waals surface area contributed by atoms with Gasteiger partial charge in [-0.05, 0) is 26.3 Å². The van der Waals surface area contributed by atoms with Crippen LogP contribution in [0.5, 0.6) is 0 Å². The van der Waals surface area contributed by atoms with Crippen molar-refractivity contribution < 1.29 is 0 Å². The SMILES string of the molecule is CCCCN(CC)c1ncnc2[nH]c(C)cc12. The van der Waals surface area contributed by atoms with E-state index in [-0.39, 0.29) is 0 Å². The molecule has 2 rings (SSSR count). The second kappa shape index (κ2) is 5.17. The summed E-state index contributed by atoms with van der Waals surface area (Å²) < 4.78 is 0. The average molecular weight is 232 g/mol. The summed E-state index contributed by atoms with van der Waals surface area (Å²) in [5, 5.41) is 1.13. The molecule has 0 amide bonds. The maximum atomic E-state index is 4.44. The largest absolute Gasteiger partial charge is 0.356 e. The number of aromatic amines is 1. The Morgan fingerprint density at radius 3 is 2.82 bits per heavy atom. The molecule has 0 unspecified atom stereocenters. The molecular weight excluding hydrogens is 212 g/mol. The molecule has 0 spiro atoms. The lowest BCUT2D eigenvalue weighted by Crippen LogP contribution is -2.25. The first kappa shape index (κ1) is 11.9. The van der Waals surface area contributed by atoms with Crippen LogP contribution in [-0.4, -0.2) is 28.0 Å². The van der Waals surface area contributed by atoms with Gasteiger partial charge in [0.1, 0.15) is 17.8 Å². The molecule has 0 bridgehead atoms. The number of hydrogen-bond acceptors (Lipinski definition) is 3. The molecule has 17 heavy (non-hydrogen) atoms. The van der Waals surface area contributed by atoms with Crippen LogP contribution < -0.4 is 4.90 Å². The van der Waals surface area contributed by atoms with Crippen LogP contribution in [0.15, 0.2) is 12.4 Å². The van der Waals surface area contributed by atoms with Gasteiger partial charge in [0, 0.05) is 18.8 Å². The number of nitrogens with zero attached hydrogens (tertiary/aromatic N) is 3. The van der Waals surface area contributed by atoms with Gasteiger partial charge in [0.05, 0.1) is 5.39 Å². The molecule has 0 aliphatic heterocycles. The summed E-state index contributed by atoms with van der Waals surface area (Å²) in [5.41, 5.74) is 2.07. The van der Waals surface area contributed by atoms with Crippen LogP contribution in [0.3, 0.4) is 0 Å². The number of aromatic nitrogens is 3. The van der Waals surface area contributed by atoms with Crippen molar-refractivity contribution in [3.63, 3.8) is 0 Å². The first-order chi connectivity index (χ1) is 8.26. The highest BCUT2D eigenvalue weighted by Crippen LogP contribution is 2.23. The number of hydrogen-bond donors (Lipinski definition) is 1. The van der Waals surface area contributed by atoms with Crippen molar-refractivity contribution in [2.75, 3.05) is 18.0 Å². The summed E-state index contributed by atoms with van der Waals surface area (Å²) in [6.07, 6.45) is 4.04. The Balaban J connectivity index is 2.38. The number of fused-ring (bicyclic) bond motifs is 1. The molecule has 0 saturated carbocycles. The van der Waals surface area contributed by atoms with Gasteiger partial charge < -0.3 is 9.88 Å². The normalized spacial score (nSPS) is 11.0. The highest BCUT2D eigenvalue weighted by atomic mass is 15.2. The van der Waals surface area contributed by atoms with Crippen molar-refractivity contribution in [1.82, 2.24) is 15.0 Å². The number of unbranched alkanes of at least 4 members (excludes halogenated alkanes) is 1. The molecule has 0 atom stereocenters. The predicted molar refractivity (Wildman–Crippen MR) is 71.4 cm³/mol. The van der Waals surface area contributed by atoms with Crippen molar-refractivity contribution in [3.8, 4) is 0 Å². The Bertz CT molecular complexity index is 489. The van der Waals surface area contributed by atoms with Crippen molar-refractivity contribution >= 4 is 16.9 Å². The lowest BCUT2D eigenvalue weighted by molar-refractivity contribution is 0.726. The van der Waals surface area contributed by atoms with Crippen molar-refractivity contribution in [2.45, 2.75) is 33.6 Å². The van der Waals surface area contributed by atoms with E-state index in [0.29, 0.717) is 0 Å². The summed E-state index contributed by atoms with van der Waals surface area (Å²) in [7, 11) is 0. The zero-order valence-electron chi connectivity index (χ0n) is 10.8. The van der Waals surface area contributed by atoms with Gasteiger partial charge in [-0.2, -0.15) is 0 Å². The summed E-state index contributed by atoms with van der Waals surface area (Å²) in [6, 6.07) is 2.12. The summed E-state index contributed by atoms with van der Waals surface area (Å²) in [4.78, 5) is 14.3. The van der Waals surface area contributed by atoms with E-state index in [0.717, 1.165) is 35.6 Å². The minimum Gasteiger partial charge on any atom is -0.356 e. The number of rotatable bonds is 5. The summed E-state index contributed by atoms with van der Waals surface area (Å²) >= 11 is 0. The second-order valence-electron chi connectivity index (χ2n) is 4.35. The van der Waals surface area contributed by atoms with Gasteiger partial charge in [0.2, 0.25) is 0 Å². The fourth-order valence-electron chi connectivity index (χ4n) is 2.07. The van der Waals surface area contributed by atoms with Gasteiger partial charge >= 0.3 is 0 Å². The zero-order valence-corrected chi connectivity index (χ0v) is 10.8. The molecule has 0 fully saturated rings. The molecule has 1 N–H and O–H groups in total. The van der Waals surface area contributed by atoms with Gasteiger partial charge in [-0.15, -0.1) is 0 Å². The maximum Gasteiger partial charge on any atom is 0.143 e. The molecule has 2 heterocycles. The van der Waals surface area contributed by atoms with Crippen LogP contribution in [0.4, 0.5) is 5.82 Å². The van der Waals surface area contributed by atoms with Gasteiger partial charge in [-0.1, -0.05) is 13.3 Å². The topological polar surface area (TPSA) is 44.8 Å². The number of anilines is 1. The van der Waals surface area contributed by atoms with Crippen LogP contribution in [0, 0.1) is 6.92 Å². The molecule has 0 aliphatic rings. The van der Waals surface area contributed by atoms with Crippen LogP contribution in [0.1, 0.15) is 32.4 Å². The zero-order chi connectivity index (χ0) is 12.3. The van der Waals surface area contributed by atoms with E-state index in [4.69, 9.17) is 0 Å². The van der Waals surface area contributed by atoms with Gasteiger partial charge in [0.25, 0.3) is 0 Å². The highest BCUT2D eigenvalue weighted by molar-refractivity contribution is 5.88. The molecule has 0 radical (unpaired) electrons. The van der Waals surface area contributed by atoms with Crippen molar-refractivity contribution in [3.05, 3.63) is 18.1 Å². The van der Waals surface area contributed by atoms with E-state index in [1.807, 2.05) is 6.92 Å². The van der Waals surface area contributed by atoms with E-state index in [1.165, 1.54) is 12.8 Å². The first-order valence-electron chi connectivity index (χ1n) is 6.31. The Morgan fingerprint density at radius 2 is 2.12 bits per heavy atom. The molecule has 0 aliphatic carbocycles. The van der Waals surface area contributed by atoms with Crippen LogP contribution in [-0.2, 0) is 0 Å². The minimum absolute atomic E-state index is 0.933. The van der Waals surface area contributed by atoms with Crippen molar-refractivity contribution in [1.29, 1.82) is 0 Å². The third-order valence-electron chi connectivity index (χ3n) is 3.00. The van der Waals surface area contributed by atoms with E-state index < -0.39 is 0 Å². The molecule has 2 aromatic rings. The Kier molecular flexibility index (Phi) is 3.61. The van der Waals surface area contributed by atoms with Crippen molar-refractivity contribution in [2.24, 2.45) is 0 Å². The molecule has 0 saturated heterocycles. The van der Waals surface area contributed by atoms with Gasteiger partial charge in [-0.3, -0.25) is 0 Å². The van der Waals surface area contributed by atoms with Crippen LogP contribution in [0.2, 0.25) is 0 Å². The molecule has 4 heteroatoms. The number of H-pyrrole nitrogens is 1.